The molecule has 0 aliphatic heterocycles. The van der Waals surface area contributed by atoms with Crippen molar-refractivity contribution in [3.05, 3.63) is 36.4 Å². The van der Waals surface area contributed by atoms with Gasteiger partial charge in [-0.05, 0) is 169 Å². The molecule has 72 heavy (non-hydrogen) atoms. The van der Waals surface area contributed by atoms with E-state index in [4.69, 9.17) is 37.3 Å². The molecule has 4 aromatic rings. The van der Waals surface area contributed by atoms with E-state index in [2.05, 4.69) is 132 Å². The van der Waals surface area contributed by atoms with Gasteiger partial charge in [-0.3, -0.25) is 0 Å². The van der Waals surface area contributed by atoms with E-state index in [0.717, 1.165) is 208 Å². The fourth-order valence-electron chi connectivity index (χ4n) is 8.40. The van der Waals surface area contributed by atoms with Crippen LogP contribution in [0.25, 0.3) is 32.3 Å². The van der Waals surface area contributed by atoms with Crippen molar-refractivity contribution in [3.8, 4) is 34.5 Å². The van der Waals surface area contributed by atoms with Gasteiger partial charge in [-0.1, -0.05) is 133 Å². The second-order valence-corrected chi connectivity index (χ2v) is 33.1. The molecule has 0 fully saturated rings. The molecule has 4 aromatic carbocycles. The first-order valence-corrected chi connectivity index (χ1v) is 34.8. The highest BCUT2D eigenvalue weighted by molar-refractivity contribution is 6.74. The van der Waals surface area contributed by atoms with Gasteiger partial charge in [0.25, 0.3) is 0 Å². The highest BCUT2D eigenvalue weighted by atomic mass is 28.4. The molecule has 0 aliphatic rings. The summed E-state index contributed by atoms with van der Waals surface area (Å²) in [5.74, 6) is 4.72. The first kappa shape index (κ1) is 61.4. The number of hydrogen-bond acceptors (Lipinski definition) is 8. The van der Waals surface area contributed by atoms with E-state index in [1.54, 1.807) is 0 Å². The highest BCUT2D eigenvalue weighted by Crippen LogP contribution is 2.48. The van der Waals surface area contributed by atoms with Crippen molar-refractivity contribution in [3.63, 3.8) is 0 Å². The monoisotopic (exact) mass is 1030 g/mol. The third-order valence-corrected chi connectivity index (χ3v) is 24.4. The van der Waals surface area contributed by atoms with Gasteiger partial charge in [-0.2, -0.15) is 0 Å². The number of fused-ring (bicyclic) bond motifs is 6. The Labute approximate surface area is 441 Å². The van der Waals surface area contributed by atoms with Crippen LogP contribution in [0.1, 0.15) is 198 Å². The number of rotatable bonds is 38. The van der Waals surface area contributed by atoms with Gasteiger partial charge in [0.1, 0.15) is 0 Å². The summed E-state index contributed by atoms with van der Waals surface area (Å²) in [6.45, 7) is 37.6. The van der Waals surface area contributed by atoms with E-state index in [-0.39, 0.29) is 10.1 Å². The molecular weight excluding hydrogens is 929 g/mol. The minimum Gasteiger partial charge on any atom is -0.490 e. The topological polar surface area (TPSA) is 73.8 Å². The summed E-state index contributed by atoms with van der Waals surface area (Å²) >= 11 is 0. The number of benzene rings is 4. The van der Waals surface area contributed by atoms with Crippen LogP contribution in [0.4, 0.5) is 0 Å². The normalized spacial score (nSPS) is 12.6. The molecular formula is C62H104O8Si2. The third kappa shape index (κ3) is 19.2. The van der Waals surface area contributed by atoms with Crippen LogP contribution in [0.3, 0.4) is 0 Å². The van der Waals surface area contributed by atoms with Crippen molar-refractivity contribution >= 4 is 49.0 Å². The molecule has 0 N–H and O–H groups in total. The fourth-order valence-corrected chi connectivity index (χ4v) is 10.6. The van der Waals surface area contributed by atoms with Crippen LogP contribution in [0.15, 0.2) is 36.4 Å². The van der Waals surface area contributed by atoms with Crippen molar-refractivity contribution in [2.24, 2.45) is 0 Å². The van der Waals surface area contributed by atoms with Crippen LogP contribution in [0, 0.1) is 0 Å². The van der Waals surface area contributed by atoms with Gasteiger partial charge >= 0.3 is 0 Å². The molecule has 10 heteroatoms. The van der Waals surface area contributed by atoms with E-state index >= 15 is 0 Å². The van der Waals surface area contributed by atoms with Crippen LogP contribution in [-0.2, 0) is 8.85 Å². The van der Waals surface area contributed by atoms with Crippen LogP contribution in [0.2, 0.25) is 36.3 Å². The summed E-state index contributed by atoms with van der Waals surface area (Å²) in [5, 5.41) is 7.01. The Hall–Kier alpha value is -3.19. The molecule has 0 atom stereocenters. The van der Waals surface area contributed by atoms with Crippen LogP contribution in [-0.4, -0.2) is 69.5 Å². The molecule has 0 aromatic heterocycles. The van der Waals surface area contributed by atoms with Gasteiger partial charge in [-0.15, -0.1) is 0 Å². The average molecular weight is 1030 g/mol. The molecule has 0 amide bonds. The SMILES string of the molecule is CCCCCOc1cc2c(cc1OCCCCC)c1cc(OCCCCC)c(OCCCCCCO[Si](C)(C)C(C)(C)C)cc1c1cc(OCCCCCCO[Si](C)(C)C(C)(C)C)c(OCCCCC)cc21. The lowest BCUT2D eigenvalue weighted by Crippen LogP contribution is -2.40. The van der Waals surface area contributed by atoms with Gasteiger partial charge in [0.15, 0.2) is 51.1 Å². The second-order valence-electron chi connectivity index (χ2n) is 23.5. The Morgan fingerprint density at radius 3 is 0.639 bits per heavy atom. The lowest BCUT2D eigenvalue weighted by molar-refractivity contribution is 0.254. The average Bonchev–Trinajstić information content (AvgIpc) is 3.33. The molecule has 0 bridgehead atoms. The summed E-state index contributed by atoms with van der Waals surface area (Å²) in [6.07, 6.45) is 21.5. The zero-order valence-corrected chi connectivity index (χ0v) is 50.5. The molecule has 0 aliphatic carbocycles. The Balaban J connectivity index is 1.79. The summed E-state index contributed by atoms with van der Waals surface area (Å²) in [4.78, 5) is 0. The highest BCUT2D eigenvalue weighted by Gasteiger charge is 2.37. The molecule has 0 saturated heterocycles. The van der Waals surface area contributed by atoms with Crippen LogP contribution < -0.4 is 28.4 Å². The Kier molecular flexibility index (Phi) is 26.4. The van der Waals surface area contributed by atoms with Crippen LogP contribution in [0.5, 0.6) is 34.5 Å². The predicted octanol–water partition coefficient (Wildman–Crippen LogP) is 19.3. The fraction of sp³-hybridized carbons (Fsp3) is 0.710. The van der Waals surface area contributed by atoms with Gasteiger partial charge < -0.3 is 37.3 Å². The quantitative estimate of drug-likeness (QED) is 0.0250. The van der Waals surface area contributed by atoms with E-state index in [1.807, 2.05) is 0 Å². The van der Waals surface area contributed by atoms with E-state index in [0.29, 0.717) is 39.6 Å². The van der Waals surface area contributed by atoms with Crippen molar-refractivity contribution in [1.82, 2.24) is 0 Å². The first-order chi connectivity index (χ1) is 34.4. The summed E-state index contributed by atoms with van der Waals surface area (Å²) in [7, 11) is -3.48. The first-order valence-electron chi connectivity index (χ1n) is 29.0. The zero-order valence-electron chi connectivity index (χ0n) is 48.5. The van der Waals surface area contributed by atoms with Crippen molar-refractivity contribution in [1.29, 1.82) is 0 Å². The van der Waals surface area contributed by atoms with Gasteiger partial charge in [0.05, 0.1) is 39.6 Å². The Morgan fingerprint density at radius 2 is 0.458 bits per heavy atom. The van der Waals surface area contributed by atoms with Crippen molar-refractivity contribution in [2.45, 2.75) is 234 Å². The number of hydrogen-bond donors (Lipinski definition) is 0. The largest absolute Gasteiger partial charge is 0.490 e. The Bertz CT molecular complexity index is 2020. The molecule has 0 heterocycles. The maximum Gasteiger partial charge on any atom is 0.191 e. The lowest BCUT2D eigenvalue weighted by Gasteiger charge is -2.36. The summed E-state index contributed by atoms with van der Waals surface area (Å²) in [5.41, 5.74) is 0. The maximum atomic E-state index is 6.78. The minimum absolute atomic E-state index is 0.226. The van der Waals surface area contributed by atoms with E-state index in [1.165, 1.54) is 0 Å². The number of unbranched alkanes of at least 4 members (excludes halogenated alkanes) is 14. The predicted molar refractivity (Wildman–Crippen MR) is 313 cm³/mol. The molecule has 408 valence electrons. The van der Waals surface area contributed by atoms with Crippen LogP contribution >= 0.6 is 0 Å². The van der Waals surface area contributed by atoms with Gasteiger partial charge in [0, 0.05) is 13.2 Å². The second kappa shape index (κ2) is 31.0. The third-order valence-electron chi connectivity index (χ3n) is 15.3. The standard InChI is InChI=1S/C62H104O8Si2/c1-15-19-27-35-63-55-43-49-50(44-56(55)64-36-28-20-16-2)52-46-58(66-38-30-22-18-4)60(68-40-32-24-26-34-42-70-72(13,14)62(8,9)10)48-54(52)53-47-59(57(45-51(49)53)65-37-29-21-17-3)67-39-31-23-25-33-41-69-71(11,12)61(5,6)7/h43-48H,15-42H2,1-14H3. The summed E-state index contributed by atoms with van der Waals surface area (Å²) in [6, 6.07) is 13.4. The molecule has 8 nitrogen and oxygen atoms in total. The smallest absolute Gasteiger partial charge is 0.191 e. The molecule has 0 unspecified atom stereocenters. The van der Waals surface area contributed by atoms with Gasteiger partial charge in [-0.25, -0.2) is 0 Å². The molecule has 0 spiro atoms. The number of ether oxygens (including phenoxy) is 6. The zero-order chi connectivity index (χ0) is 52.6. The lowest BCUT2D eigenvalue weighted by atomic mass is 9.93. The van der Waals surface area contributed by atoms with E-state index in [9.17, 15) is 0 Å². The maximum absolute atomic E-state index is 6.78. The van der Waals surface area contributed by atoms with E-state index < -0.39 is 16.6 Å². The van der Waals surface area contributed by atoms with Crippen molar-refractivity contribution in [2.75, 3.05) is 52.9 Å². The minimum atomic E-state index is -1.74. The molecule has 4 rings (SSSR count). The molecule has 0 saturated carbocycles. The Morgan fingerprint density at radius 1 is 0.278 bits per heavy atom. The van der Waals surface area contributed by atoms with Gasteiger partial charge in [0.2, 0.25) is 0 Å². The molecule has 0 radical (unpaired) electrons. The van der Waals surface area contributed by atoms with Crippen molar-refractivity contribution < 1.29 is 37.3 Å². The summed E-state index contributed by atoms with van der Waals surface area (Å²) < 4.78 is 53.2.